The Balaban J connectivity index is 1.98. The minimum atomic E-state index is -0.358. The first kappa shape index (κ1) is 24.8. The molecule has 0 radical (unpaired) electrons. The van der Waals surface area contributed by atoms with E-state index in [9.17, 15) is 9.59 Å². The van der Waals surface area contributed by atoms with Gasteiger partial charge in [-0.25, -0.2) is 0 Å². The number of hydrogen-bond donors (Lipinski definition) is 3. The number of carbonyl (C=O) groups excluding carboxylic acids is 2. The van der Waals surface area contributed by atoms with Crippen LogP contribution in [0, 0.1) is 5.92 Å². The molecule has 2 aromatic rings. The fourth-order valence-corrected chi connectivity index (χ4v) is 3.46. The predicted molar refractivity (Wildman–Crippen MR) is 133 cm³/mol. The van der Waals surface area contributed by atoms with Crippen molar-refractivity contribution >= 4 is 52.1 Å². The highest BCUT2D eigenvalue weighted by Crippen LogP contribution is 2.26. The monoisotopic (exact) mass is 459 g/mol. The first-order valence-electron chi connectivity index (χ1n) is 10.5. The quantitative estimate of drug-likeness (QED) is 0.430. The summed E-state index contributed by atoms with van der Waals surface area (Å²) < 4.78 is 0. The van der Waals surface area contributed by atoms with Gasteiger partial charge in [-0.1, -0.05) is 56.6 Å². The number of thiocarbonyl (C=S) groups is 1. The van der Waals surface area contributed by atoms with Crippen molar-refractivity contribution in [3.8, 4) is 0 Å². The average Bonchev–Trinajstić information content (AvgIpc) is 2.70. The molecule has 5 nitrogen and oxygen atoms in total. The van der Waals surface area contributed by atoms with Gasteiger partial charge in [-0.15, -0.1) is 0 Å². The van der Waals surface area contributed by atoms with Crippen molar-refractivity contribution in [2.24, 2.45) is 5.92 Å². The molecule has 0 aliphatic carbocycles. The Kier molecular flexibility index (Phi) is 9.46. The highest BCUT2D eigenvalue weighted by atomic mass is 35.5. The molecule has 166 valence electrons. The lowest BCUT2D eigenvalue weighted by Gasteiger charge is -2.16. The van der Waals surface area contributed by atoms with Gasteiger partial charge in [0.05, 0.1) is 16.6 Å². The van der Waals surface area contributed by atoms with E-state index in [4.69, 9.17) is 23.8 Å². The van der Waals surface area contributed by atoms with Crippen LogP contribution >= 0.6 is 23.8 Å². The van der Waals surface area contributed by atoms with Crippen LogP contribution in [0.15, 0.2) is 42.5 Å². The summed E-state index contributed by atoms with van der Waals surface area (Å²) in [5.41, 5.74) is 3.29. The van der Waals surface area contributed by atoms with E-state index in [1.54, 1.807) is 18.2 Å². The van der Waals surface area contributed by atoms with Gasteiger partial charge in [0.1, 0.15) is 0 Å². The van der Waals surface area contributed by atoms with Gasteiger partial charge in [0.15, 0.2) is 5.11 Å². The van der Waals surface area contributed by atoms with E-state index >= 15 is 0 Å². The Labute approximate surface area is 195 Å². The summed E-state index contributed by atoms with van der Waals surface area (Å²) in [5.74, 6) is -0.0548. The Morgan fingerprint density at radius 3 is 2.32 bits per heavy atom. The Morgan fingerprint density at radius 2 is 1.71 bits per heavy atom. The fourth-order valence-electron chi connectivity index (χ4n) is 3.09. The minimum absolute atomic E-state index is 0.0695. The van der Waals surface area contributed by atoms with Crippen molar-refractivity contribution < 1.29 is 9.59 Å². The first-order chi connectivity index (χ1) is 14.7. The highest BCUT2D eigenvalue weighted by Gasteiger charge is 2.17. The second-order valence-electron chi connectivity index (χ2n) is 8.00. The van der Waals surface area contributed by atoms with Crippen molar-refractivity contribution in [3.63, 3.8) is 0 Å². The maximum absolute atomic E-state index is 12.6. The zero-order chi connectivity index (χ0) is 23.0. The van der Waals surface area contributed by atoms with Gasteiger partial charge in [0.25, 0.3) is 0 Å². The molecule has 1 unspecified atom stereocenters. The van der Waals surface area contributed by atoms with Gasteiger partial charge < -0.3 is 16.0 Å². The molecule has 2 amide bonds. The van der Waals surface area contributed by atoms with E-state index in [-0.39, 0.29) is 22.8 Å². The lowest BCUT2D eigenvalue weighted by molar-refractivity contribution is -0.120. The van der Waals surface area contributed by atoms with Gasteiger partial charge in [-0.3, -0.25) is 9.59 Å². The Bertz CT molecular complexity index is 929. The van der Waals surface area contributed by atoms with Gasteiger partial charge in [0, 0.05) is 12.1 Å². The normalized spacial score (nSPS) is 11.7. The van der Waals surface area contributed by atoms with E-state index < -0.39 is 0 Å². The van der Waals surface area contributed by atoms with E-state index in [0.29, 0.717) is 28.7 Å². The van der Waals surface area contributed by atoms with Crippen LogP contribution in [0.5, 0.6) is 0 Å². The van der Waals surface area contributed by atoms with Crippen LogP contribution in [-0.4, -0.2) is 16.9 Å². The molecule has 2 aromatic carbocycles. The molecule has 0 fully saturated rings. The molecule has 1 atom stereocenters. The van der Waals surface area contributed by atoms with Crippen LogP contribution in [0.4, 0.5) is 11.4 Å². The second kappa shape index (κ2) is 11.8. The number of hydrogen-bond acceptors (Lipinski definition) is 3. The van der Waals surface area contributed by atoms with Crippen molar-refractivity contribution in [1.29, 1.82) is 0 Å². The van der Waals surface area contributed by atoms with Crippen LogP contribution in [0.2, 0.25) is 5.02 Å². The summed E-state index contributed by atoms with van der Waals surface area (Å²) >= 11 is 11.5. The third kappa shape index (κ3) is 7.96. The van der Waals surface area contributed by atoms with E-state index in [1.165, 1.54) is 5.56 Å². The van der Waals surface area contributed by atoms with Crippen molar-refractivity contribution in [3.05, 3.63) is 58.6 Å². The third-order valence-corrected chi connectivity index (χ3v) is 5.26. The number of amides is 2. The van der Waals surface area contributed by atoms with E-state index in [1.807, 2.05) is 26.0 Å². The molecule has 2 rings (SSSR count). The molecule has 0 saturated carbocycles. The smallest absolute Gasteiger partial charge is 0.233 e. The van der Waals surface area contributed by atoms with Crippen molar-refractivity contribution in [1.82, 2.24) is 5.32 Å². The van der Waals surface area contributed by atoms with E-state index in [0.717, 1.165) is 18.4 Å². The van der Waals surface area contributed by atoms with Crippen LogP contribution in [0.25, 0.3) is 0 Å². The van der Waals surface area contributed by atoms with Gasteiger partial charge in [-0.05, 0) is 67.2 Å². The van der Waals surface area contributed by atoms with Gasteiger partial charge >= 0.3 is 0 Å². The highest BCUT2D eigenvalue weighted by molar-refractivity contribution is 7.80. The number of carbonyl (C=O) groups is 2. The molecule has 0 saturated heterocycles. The third-order valence-electron chi connectivity index (χ3n) is 4.73. The maximum atomic E-state index is 12.6. The summed E-state index contributed by atoms with van der Waals surface area (Å²) in [4.78, 5) is 24.5. The number of anilines is 2. The standard InChI is InChI=1S/C24H30ClN3O2S/c1-5-6-22(29)26-19-11-12-20(25)21(14-19)27-24(31)28-23(30)16(4)18-9-7-17(8-10-18)13-15(2)3/h7-12,14-16H,5-6,13H2,1-4H3,(H,26,29)(H2,27,28,30,31). The summed E-state index contributed by atoms with van der Waals surface area (Å²) in [6.45, 7) is 8.14. The molecule has 31 heavy (non-hydrogen) atoms. The van der Waals surface area contributed by atoms with Crippen molar-refractivity contribution in [2.45, 2.75) is 52.9 Å². The Morgan fingerprint density at radius 1 is 1.03 bits per heavy atom. The van der Waals surface area contributed by atoms with Gasteiger partial charge in [-0.2, -0.15) is 0 Å². The fraction of sp³-hybridized carbons (Fsp3) is 0.375. The molecule has 0 aliphatic rings. The second-order valence-corrected chi connectivity index (χ2v) is 8.81. The van der Waals surface area contributed by atoms with E-state index in [2.05, 4.69) is 41.9 Å². The molecule has 0 heterocycles. The zero-order valence-electron chi connectivity index (χ0n) is 18.4. The predicted octanol–water partition coefficient (Wildman–Crippen LogP) is 5.89. The molecule has 0 spiro atoms. The average molecular weight is 460 g/mol. The zero-order valence-corrected chi connectivity index (χ0v) is 20.0. The number of benzene rings is 2. The first-order valence-corrected chi connectivity index (χ1v) is 11.3. The topological polar surface area (TPSA) is 70.2 Å². The molecule has 7 heteroatoms. The molecule has 0 aromatic heterocycles. The van der Waals surface area contributed by atoms with Crippen LogP contribution in [0.3, 0.4) is 0 Å². The van der Waals surface area contributed by atoms with Crippen LogP contribution in [0.1, 0.15) is 57.6 Å². The largest absolute Gasteiger partial charge is 0.331 e. The summed E-state index contributed by atoms with van der Waals surface area (Å²) in [6.07, 6.45) is 2.21. The molecular formula is C24H30ClN3O2S. The van der Waals surface area contributed by atoms with Gasteiger partial charge in [0.2, 0.25) is 11.8 Å². The minimum Gasteiger partial charge on any atom is -0.331 e. The number of halogens is 1. The number of nitrogens with one attached hydrogen (secondary N) is 3. The lowest BCUT2D eigenvalue weighted by atomic mass is 9.96. The lowest BCUT2D eigenvalue weighted by Crippen LogP contribution is -2.36. The maximum Gasteiger partial charge on any atom is 0.233 e. The molecular weight excluding hydrogens is 430 g/mol. The molecule has 0 aliphatic heterocycles. The summed E-state index contributed by atoms with van der Waals surface area (Å²) in [6, 6.07) is 13.2. The number of rotatable bonds is 8. The summed E-state index contributed by atoms with van der Waals surface area (Å²) in [7, 11) is 0. The molecule has 0 bridgehead atoms. The van der Waals surface area contributed by atoms with Crippen molar-refractivity contribution in [2.75, 3.05) is 10.6 Å². The Hall–Kier alpha value is -2.44. The molecule has 3 N–H and O–H groups in total. The summed E-state index contributed by atoms with van der Waals surface area (Å²) in [5, 5.41) is 9.04. The SMILES string of the molecule is CCCC(=O)Nc1ccc(Cl)c(NC(=S)NC(=O)C(C)c2ccc(CC(C)C)cc2)c1. The van der Waals surface area contributed by atoms with Crippen LogP contribution < -0.4 is 16.0 Å². The van der Waals surface area contributed by atoms with Crippen LogP contribution in [-0.2, 0) is 16.0 Å².